The molecule has 1 aliphatic heterocycles. The van der Waals surface area contributed by atoms with Crippen molar-refractivity contribution in [3.05, 3.63) is 66.2 Å². The van der Waals surface area contributed by atoms with Gasteiger partial charge in [-0.2, -0.15) is 0 Å². The lowest BCUT2D eigenvalue weighted by Crippen LogP contribution is -2.62. The molecular formula is C22H27NO. The van der Waals surface area contributed by atoms with E-state index in [-0.39, 0.29) is 5.41 Å². The Morgan fingerprint density at radius 2 is 1.58 bits per heavy atom. The molecule has 1 atom stereocenters. The van der Waals surface area contributed by atoms with Crippen LogP contribution in [0.4, 0.5) is 5.69 Å². The monoisotopic (exact) mass is 321 g/mol. The van der Waals surface area contributed by atoms with Crippen molar-refractivity contribution in [2.45, 2.75) is 45.4 Å². The van der Waals surface area contributed by atoms with Crippen LogP contribution in [0.2, 0.25) is 0 Å². The molecule has 1 saturated heterocycles. The van der Waals surface area contributed by atoms with Crippen LogP contribution in [0.1, 0.15) is 44.6 Å². The molecule has 2 nitrogen and oxygen atoms in total. The highest BCUT2D eigenvalue weighted by atomic mass is 16.2. The van der Waals surface area contributed by atoms with E-state index < -0.39 is 0 Å². The summed E-state index contributed by atoms with van der Waals surface area (Å²) in [6.07, 6.45) is 6.74. The normalized spacial score (nSPS) is 20.0. The Morgan fingerprint density at radius 3 is 2.21 bits per heavy atom. The van der Waals surface area contributed by atoms with Crippen LogP contribution in [-0.2, 0) is 11.2 Å². The third-order valence-electron chi connectivity index (χ3n) is 5.12. The van der Waals surface area contributed by atoms with Gasteiger partial charge >= 0.3 is 0 Å². The number of rotatable bonds is 8. The summed E-state index contributed by atoms with van der Waals surface area (Å²) in [6, 6.07) is 20.5. The molecule has 0 aliphatic carbocycles. The molecule has 0 N–H and O–H groups in total. The number of carbonyl (C=O) groups excluding carboxylic acids is 1. The predicted octanol–water partition coefficient (Wildman–Crippen LogP) is 5.23. The quantitative estimate of drug-likeness (QED) is 0.481. The third kappa shape index (κ3) is 3.53. The van der Waals surface area contributed by atoms with Gasteiger partial charge in [0.25, 0.3) is 0 Å². The zero-order valence-electron chi connectivity index (χ0n) is 14.6. The Morgan fingerprint density at radius 1 is 0.917 bits per heavy atom. The van der Waals surface area contributed by atoms with Gasteiger partial charge in [0, 0.05) is 12.2 Å². The molecule has 126 valence electrons. The Labute approximate surface area is 145 Å². The Kier molecular flexibility index (Phi) is 5.34. The fraction of sp³-hybridized carbons (Fsp3) is 0.409. The number of β-lactam (4-membered cyclic amide) rings is 1. The number of anilines is 1. The average Bonchev–Trinajstić information content (AvgIpc) is 2.64. The van der Waals surface area contributed by atoms with Crippen LogP contribution < -0.4 is 4.90 Å². The number of benzene rings is 2. The van der Waals surface area contributed by atoms with Gasteiger partial charge in [-0.25, -0.2) is 0 Å². The number of para-hydroxylation sites is 1. The summed E-state index contributed by atoms with van der Waals surface area (Å²) in [4.78, 5) is 15.0. The number of hydrogen-bond donors (Lipinski definition) is 0. The van der Waals surface area contributed by atoms with Crippen LogP contribution in [0.15, 0.2) is 60.7 Å². The maximum atomic E-state index is 13.1. The Hall–Kier alpha value is -2.09. The van der Waals surface area contributed by atoms with E-state index in [1.165, 1.54) is 24.8 Å². The summed E-state index contributed by atoms with van der Waals surface area (Å²) >= 11 is 0. The highest BCUT2D eigenvalue weighted by Gasteiger charge is 2.51. The lowest BCUT2D eigenvalue weighted by Gasteiger charge is -2.49. The van der Waals surface area contributed by atoms with Crippen molar-refractivity contribution in [1.29, 1.82) is 0 Å². The second-order valence-corrected chi connectivity index (χ2v) is 6.98. The maximum absolute atomic E-state index is 13.1. The standard InChI is InChI=1S/C22H27NO/c1-2-3-4-11-16-22(17-19-12-7-5-8-13-19)18-23(21(22)24)20-14-9-6-10-15-20/h5-10,12-15H,2-4,11,16-18H2,1H3/t22-/m1/s1. The first-order chi connectivity index (χ1) is 11.7. The largest absolute Gasteiger partial charge is 0.311 e. The molecule has 1 heterocycles. The second-order valence-electron chi connectivity index (χ2n) is 6.98. The van der Waals surface area contributed by atoms with E-state index in [1.807, 2.05) is 41.3 Å². The first-order valence-corrected chi connectivity index (χ1v) is 9.16. The molecule has 2 heteroatoms. The SMILES string of the molecule is CCCCCC[C@@]1(Cc2ccccc2)CN(c2ccccc2)C1=O. The minimum atomic E-state index is -0.203. The van der Waals surface area contributed by atoms with Crippen molar-refractivity contribution >= 4 is 11.6 Å². The molecule has 0 aromatic heterocycles. The van der Waals surface area contributed by atoms with Crippen molar-refractivity contribution in [3.8, 4) is 0 Å². The van der Waals surface area contributed by atoms with Crippen molar-refractivity contribution < 1.29 is 4.79 Å². The smallest absolute Gasteiger partial charge is 0.235 e. The van der Waals surface area contributed by atoms with E-state index in [0.717, 1.165) is 31.5 Å². The Bertz CT molecular complexity index is 652. The van der Waals surface area contributed by atoms with Crippen LogP contribution in [0.3, 0.4) is 0 Å². The van der Waals surface area contributed by atoms with E-state index in [4.69, 9.17) is 0 Å². The lowest BCUT2D eigenvalue weighted by molar-refractivity contribution is -0.135. The molecule has 2 aromatic rings. The molecule has 0 bridgehead atoms. The Balaban J connectivity index is 1.73. The number of amides is 1. The highest BCUT2D eigenvalue weighted by Crippen LogP contribution is 2.42. The first kappa shape index (κ1) is 16.8. The number of nitrogens with zero attached hydrogens (tertiary/aromatic N) is 1. The molecule has 24 heavy (non-hydrogen) atoms. The molecule has 0 spiro atoms. The van der Waals surface area contributed by atoms with E-state index >= 15 is 0 Å². The van der Waals surface area contributed by atoms with Gasteiger partial charge in [-0.05, 0) is 30.5 Å². The number of hydrogen-bond acceptors (Lipinski definition) is 1. The van der Waals surface area contributed by atoms with Gasteiger partial charge in [0.05, 0.1) is 5.41 Å². The lowest BCUT2D eigenvalue weighted by atomic mass is 9.70. The van der Waals surface area contributed by atoms with Crippen LogP contribution in [-0.4, -0.2) is 12.5 Å². The molecule has 0 saturated carbocycles. The van der Waals surface area contributed by atoms with Crippen LogP contribution in [0.25, 0.3) is 0 Å². The van der Waals surface area contributed by atoms with Crippen LogP contribution in [0.5, 0.6) is 0 Å². The minimum absolute atomic E-state index is 0.203. The molecule has 2 aromatic carbocycles. The van der Waals surface area contributed by atoms with Gasteiger partial charge in [0.1, 0.15) is 0 Å². The molecule has 1 amide bonds. The fourth-order valence-corrected chi connectivity index (χ4v) is 3.74. The van der Waals surface area contributed by atoms with Gasteiger partial charge in [-0.15, -0.1) is 0 Å². The van der Waals surface area contributed by atoms with Gasteiger partial charge in [0.2, 0.25) is 5.91 Å². The van der Waals surface area contributed by atoms with Crippen molar-refractivity contribution in [2.24, 2.45) is 5.41 Å². The third-order valence-corrected chi connectivity index (χ3v) is 5.12. The van der Waals surface area contributed by atoms with E-state index in [1.54, 1.807) is 0 Å². The molecule has 0 unspecified atom stereocenters. The van der Waals surface area contributed by atoms with Gasteiger partial charge in [0.15, 0.2) is 0 Å². The summed E-state index contributed by atoms with van der Waals surface area (Å²) in [5, 5.41) is 0. The first-order valence-electron chi connectivity index (χ1n) is 9.16. The number of carbonyl (C=O) groups is 1. The van der Waals surface area contributed by atoms with Gasteiger partial charge in [-0.3, -0.25) is 4.79 Å². The van der Waals surface area contributed by atoms with Gasteiger partial charge < -0.3 is 4.90 Å². The van der Waals surface area contributed by atoms with Crippen LogP contribution in [0, 0.1) is 5.41 Å². The zero-order valence-corrected chi connectivity index (χ0v) is 14.6. The maximum Gasteiger partial charge on any atom is 0.235 e. The molecule has 1 aliphatic rings. The van der Waals surface area contributed by atoms with E-state index in [9.17, 15) is 4.79 Å². The van der Waals surface area contributed by atoms with Crippen molar-refractivity contribution in [3.63, 3.8) is 0 Å². The minimum Gasteiger partial charge on any atom is -0.311 e. The van der Waals surface area contributed by atoms with E-state index in [0.29, 0.717) is 5.91 Å². The summed E-state index contributed by atoms with van der Waals surface area (Å²) < 4.78 is 0. The zero-order chi connectivity index (χ0) is 16.8. The molecular weight excluding hydrogens is 294 g/mol. The van der Waals surface area contributed by atoms with Crippen molar-refractivity contribution in [1.82, 2.24) is 0 Å². The second kappa shape index (κ2) is 7.65. The molecule has 0 radical (unpaired) electrons. The van der Waals surface area contributed by atoms with Gasteiger partial charge in [-0.1, -0.05) is 81.1 Å². The summed E-state index contributed by atoms with van der Waals surface area (Å²) in [6.45, 7) is 3.07. The summed E-state index contributed by atoms with van der Waals surface area (Å²) in [7, 11) is 0. The average molecular weight is 321 g/mol. The summed E-state index contributed by atoms with van der Waals surface area (Å²) in [5.41, 5.74) is 2.10. The topological polar surface area (TPSA) is 20.3 Å². The predicted molar refractivity (Wildman–Crippen MR) is 100 cm³/mol. The van der Waals surface area contributed by atoms with E-state index in [2.05, 4.69) is 31.2 Å². The fourth-order valence-electron chi connectivity index (χ4n) is 3.74. The van der Waals surface area contributed by atoms with Crippen molar-refractivity contribution in [2.75, 3.05) is 11.4 Å². The van der Waals surface area contributed by atoms with Crippen LogP contribution >= 0.6 is 0 Å². The number of unbranched alkanes of at least 4 members (excludes halogenated alkanes) is 3. The highest BCUT2D eigenvalue weighted by molar-refractivity contribution is 6.04. The molecule has 1 fully saturated rings. The molecule has 3 rings (SSSR count). The summed E-state index contributed by atoms with van der Waals surface area (Å²) in [5.74, 6) is 0.300.